The second-order valence-corrected chi connectivity index (χ2v) is 7.12. The molecule has 0 aliphatic carbocycles. The van der Waals surface area contributed by atoms with Gasteiger partial charge in [0.15, 0.2) is 4.90 Å². The molecule has 1 aromatic heterocycles. The van der Waals surface area contributed by atoms with E-state index in [9.17, 15) is 22.4 Å². The van der Waals surface area contributed by atoms with Gasteiger partial charge >= 0.3 is 5.69 Å². The highest BCUT2D eigenvalue weighted by Crippen LogP contribution is 2.15. The molecule has 0 radical (unpaired) electrons. The lowest BCUT2D eigenvalue weighted by Crippen LogP contribution is -2.41. The van der Waals surface area contributed by atoms with Crippen molar-refractivity contribution in [1.29, 1.82) is 0 Å². The molecule has 7 nitrogen and oxygen atoms in total. The van der Waals surface area contributed by atoms with Gasteiger partial charge in [-0.2, -0.15) is 4.31 Å². The van der Waals surface area contributed by atoms with E-state index in [1.165, 1.54) is 39.3 Å². The predicted octanol–water partition coefficient (Wildman–Crippen LogP) is 0.0438. The molecule has 124 valence electrons. The molecule has 0 bridgehead atoms. The predicted molar refractivity (Wildman–Crippen MR) is 82.0 cm³/mol. The van der Waals surface area contributed by atoms with Gasteiger partial charge in [-0.25, -0.2) is 17.6 Å². The lowest BCUT2D eigenvalue weighted by Gasteiger charge is -2.18. The Balaban J connectivity index is 2.49. The van der Waals surface area contributed by atoms with Gasteiger partial charge in [-0.15, -0.1) is 0 Å². The van der Waals surface area contributed by atoms with Crippen LogP contribution in [0.4, 0.5) is 4.39 Å². The van der Waals surface area contributed by atoms with Crippen molar-refractivity contribution >= 4 is 10.0 Å². The zero-order chi connectivity index (χ0) is 17.4. The average molecular weight is 341 g/mol. The van der Waals surface area contributed by atoms with Crippen molar-refractivity contribution in [3.05, 3.63) is 62.7 Å². The van der Waals surface area contributed by atoms with Crippen molar-refractivity contribution in [1.82, 2.24) is 13.4 Å². The summed E-state index contributed by atoms with van der Waals surface area (Å²) in [6.45, 7) is -0.235. The minimum Gasteiger partial charge on any atom is -0.302 e. The van der Waals surface area contributed by atoms with E-state index in [0.29, 0.717) is 4.57 Å². The van der Waals surface area contributed by atoms with E-state index < -0.39 is 32.0 Å². The number of hydrogen-bond acceptors (Lipinski definition) is 4. The van der Waals surface area contributed by atoms with Crippen LogP contribution < -0.4 is 11.2 Å². The second kappa shape index (κ2) is 6.09. The molecule has 1 aromatic carbocycles. The molecular weight excluding hydrogens is 325 g/mol. The number of sulfonamides is 1. The first-order chi connectivity index (χ1) is 10.7. The third-order valence-corrected chi connectivity index (χ3v) is 5.24. The van der Waals surface area contributed by atoms with Crippen LogP contribution >= 0.6 is 0 Å². The highest BCUT2D eigenvalue weighted by molar-refractivity contribution is 7.89. The zero-order valence-electron chi connectivity index (χ0n) is 12.9. The van der Waals surface area contributed by atoms with Gasteiger partial charge in [0.25, 0.3) is 5.56 Å². The Bertz CT molecular complexity index is 963. The van der Waals surface area contributed by atoms with E-state index >= 15 is 0 Å². The van der Waals surface area contributed by atoms with Gasteiger partial charge in [0.2, 0.25) is 10.0 Å². The summed E-state index contributed by atoms with van der Waals surface area (Å²) in [5, 5.41) is 0. The molecule has 0 unspecified atom stereocenters. The van der Waals surface area contributed by atoms with Crippen molar-refractivity contribution < 1.29 is 12.8 Å². The lowest BCUT2D eigenvalue weighted by atomic mass is 10.2. The number of aryl methyl sites for hydroxylation is 1. The standard InChI is InChI=1S/C14H16FN3O4S/c1-16-9-12(13(19)18(3)14(16)20)23(21,22)17(2)8-10-6-4-5-7-11(10)15/h4-7,9H,8H2,1-3H3. The van der Waals surface area contributed by atoms with E-state index in [0.717, 1.165) is 15.1 Å². The van der Waals surface area contributed by atoms with Gasteiger partial charge in [0.05, 0.1) is 0 Å². The van der Waals surface area contributed by atoms with Crippen LogP contribution in [0.5, 0.6) is 0 Å². The van der Waals surface area contributed by atoms with E-state index in [1.54, 1.807) is 6.07 Å². The van der Waals surface area contributed by atoms with E-state index in [1.807, 2.05) is 0 Å². The van der Waals surface area contributed by atoms with Crippen molar-refractivity contribution in [2.75, 3.05) is 7.05 Å². The molecule has 0 amide bonds. The molecule has 0 atom stereocenters. The van der Waals surface area contributed by atoms with Crippen LogP contribution in [0, 0.1) is 5.82 Å². The van der Waals surface area contributed by atoms with Gasteiger partial charge in [0.1, 0.15) is 5.82 Å². The maximum Gasteiger partial charge on any atom is 0.330 e. The summed E-state index contributed by atoms with van der Waals surface area (Å²) < 4.78 is 41.4. The molecule has 0 aliphatic heterocycles. The van der Waals surface area contributed by atoms with E-state index in [2.05, 4.69) is 0 Å². The first-order valence-electron chi connectivity index (χ1n) is 6.62. The first-order valence-corrected chi connectivity index (χ1v) is 8.06. The normalized spacial score (nSPS) is 11.9. The first kappa shape index (κ1) is 17.1. The Labute approximate surface area is 132 Å². The molecular formula is C14H16FN3O4S. The zero-order valence-corrected chi connectivity index (χ0v) is 13.7. The van der Waals surface area contributed by atoms with Crippen LogP contribution in [0.1, 0.15) is 5.56 Å². The number of nitrogens with zero attached hydrogens (tertiary/aromatic N) is 3. The van der Waals surface area contributed by atoms with Crippen LogP contribution in [-0.2, 0) is 30.7 Å². The smallest absolute Gasteiger partial charge is 0.302 e. The third-order valence-electron chi connectivity index (χ3n) is 3.45. The maximum absolute atomic E-state index is 13.7. The summed E-state index contributed by atoms with van der Waals surface area (Å²) in [6.07, 6.45) is 0.970. The fourth-order valence-electron chi connectivity index (χ4n) is 2.07. The molecule has 0 aliphatic rings. The topological polar surface area (TPSA) is 81.4 Å². The molecule has 9 heteroatoms. The number of benzene rings is 1. The fourth-order valence-corrected chi connectivity index (χ4v) is 3.37. The highest BCUT2D eigenvalue weighted by Gasteiger charge is 2.26. The minimum absolute atomic E-state index is 0.181. The Morgan fingerprint density at radius 2 is 1.78 bits per heavy atom. The van der Waals surface area contributed by atoms with Crippen LogP contribution in [0.2, 0.25) is 0 Å². The van der Waals surface area contributed by atoms with Gasteiger partial charge < -0.3 is 4.57 Å². The van der Waals surface area contributed by atoms with E-state index in [4.69, 9.17) is 0 Å². The van der Waals surface area contributed by atoms with Gasteiger partial charge in [-0.05, 0) is 6.07 Å². The van der Waals surface area contributed by atoms with Crippen molar-refractivity contribution in [3.8, 4) is 0 Å². The van der Waals surface area contributed by atoms with Crippen LogP contribution in [0.25, 0.3) is 0 Å². The Hall–Kier alpha value is -2.26. The molecule has 1 heterocycles. The van der Waals surface area contributed by atoms with E-state index in [-0.39, 0.29) is 12.1 Å². The number of hydrogen-bond donors (Lipinski definition) is 0. The second-order valence-electron chi connectivity index (χ2n) is 5.10. The van der Waals surface area contributed by atoms with Crippen molar-refractivity contribution in [3.63, 3.8) is 0 Å². The lowest BCUT2D eigenvalue weighted by molar-refractivity contribution is 0.453. The Kier molecular flexibility index (Phi) is 4.53. The average Bonchev–Trinajstić information content (AvgIpc) is 2.50. The largest absolute Gasteiger partial charge is 0.330 e. The minimum atomic E-state index is -4.17. The van der Waals surface area contributed by atoms with Gasteiger partial charge in [-0.3, -0.25) is 9.36 Å². The number of rotatable bonds is 4. The van der Waals surface area contributed by atoms with Crippen molar-refractivity contribution in [2.24, 2.45) is 14.1 Å². The van der Waals surface area contributed by atoms with Crippen LogP contribution in [-0.4, -0.2) is 28.9 Å². The molecule has 2 rings (SSSR count). The monoisotopic (exact) mass is 341 g/mol. The van der Waals surface area contributed by atoms with Crippen molar-refractivity contribution in [2.45, 2.75) is 11.4 Å². The summed E-state index contributed by atoms with van der Waals surface area (Å²) in [5.74, 6) is -0.539. The SMILES string of the molecule is CN(Cc1ccccc1F)S(=O)(=O)c1cn(C)c(=O)n(C)c1=O. The Morgan fingerprint density at radius 1 is 1.17 bits per heavy atom. The summed E-state index contributed by atoms with van der Waals surface area (Å²) in [4.78, 5) is 23.2. The summed E-state index contributed by atoms with van der Waals surface area (Å²) in [7, 11) is -0.390. The Morgan fingerprint density at radius 3 is 2.39 bits per heavy atom. The third kappa shape index (κ3) is 3.10. The fraction of sp³-hybridized carbons (Fsp3) is 0.286. The molecule has 0 saturated heterocycles. The quantitative estimate of drug-likeness (QED) is 0.787. The number of halogens is 1. The molecule has 2 aromatic rings. The summed E-state index contributed by atoms with van der Waals surface area (Å²) in [6, 6.07) is 5.77. The molecule has 0 saturated carbocycles. The van der Waals surface area contributed by atoms with Gasteiger partial charge in [-0.1, -0.05) is 18.2 Å². The van der Waals surface area contributed by atoms with Crippen LogP contribution in [0.3, 0.4) is 0 Å². The van der Waals surface area contributed by atoms with Crippen LogP contribution in [0.15, 0.2) is 44.9 Å². The summed E-state index contributed by atoms with van der Waals surface area (Å²) in [5.41, 5.74) is -1.38. The van der Waals surface area contributed by atoms with Gasteiger partial charge in [0, 0.05) is 39.4 Å². The maximum atomic E-state index is 13.7. The molecule has 0 N–H and O–H groups in total. The molecule has 0 spiro atoms. The molecule has 0 fully saturated rings. The molecule has 23 heavy (non-hydrogen) atoms. The number of aromatic nitrogens is 2. The highest BCUT2D eigenvalue weighted by atomic mass is 32.2. The summed E-state index contributed by atoms with van der Waals surface area (Å²) >= 11 is 0.